The lowest BCUT2D eigenvalue weighted by molar-refractivity contribution is -0.147. The van der Waals surface area contributed by atoms with Crippen LogP contribution in [-0.2, 0) is 24.5 Å². The van der Waals surface area contributed by atoms with E-state index in [1.54, 1.807) is 19.1 Å². The lowest BCUT2D eigenvalue weighted by Crippen LogP contribution is -2.43. The number of esters is 2. The summed E-state index contributed by atoms with van der Waals surface area (Å²) in [5, 5.41) is 2.63. The molecule has 0 unspecified atom stereocenters. The Morgan fingerprint density at radius 3 is 1.96 bits per heavy atom. The van der Waals surface area contributed by atoms with E-state index in [9.17, 15) is 14.4 Å². The largest absolute Gasteiger partial charge is 0.469 e. The van der Waals surface area contributed by atoms with Crippen molar-refractivity contribution in [3.8, 4) is 0 Å². The summed E-state index contributed by atoms with van der Waals surface area (Å²) in [6, 6.07) is 6.29. The van der Waals surface area contributed by atoms with Crippen LogP contribution in [0.2, 0.25) is 0 Å². The molecule has 0 aliphatic rings. The number of hydrogen-bond acceptors (Lipinski definition) is 5. The Morgan fingerprint density at radius 1 is 1.00 bits per heavy atom. The minimum absolute atomic E-state index is 0.0144. The predicted octanol–water partition coefficient (Wildman–Crippen LogP) is 2.45. The van der Waals surface area contributed by atoms with E-state index in [-0.39, 0.29) is 11.8 Å². The zero-order valence-corrected chi connectivity index (χ0v) is 15.7. The van der Waals surface area contributed by atoms with Crippen LogP contribution in [0.3, 0.4) is 0 Å². The van der Waals surface area contributed by atoms with Crippen molar-refractivity contribution in [2.24, 2.45) is 5.92 Å². The van der Waals surface area contributed by atoms with E-state index in [0.29, 0.717) is 5.56 Å². The van der Waals surface area contributed by atoms with Crippen LogP contribution in [0.1, 0.15) is 50.0 Å². The Hall–Kier alpha value is -2.37. The van der Waals surface area contributed by atoms with Gasteiger partial charge in [-0.2, -0.15) is 0 Å². The van der Waals surface area contributed by atoms with E-state index in [1.165, 1.54) is 14.2 Å². The first kappa shape index (κ1) is 20.7. The van der Waals surface area contributed by atoms with E-state index in [1.807, 2.05) is 12.1 Å². The summed E-state index contributed by atoms with van der Waals surface area (Å²) in [4.78, 5) is 35.9. The predicted molar refractivity (Wildman–Crippen MR) is 94.2 cm³/mol. The summed E-state index contributed by atoms with van der Waals surface area (Å²) in [5.41, 5.74) is 1.53. The molecule has 6 heteroatoms. The van der Waals surface area contributed by atoms with Gasteiger partial charge in [-0.15, -0.1) is 0 Å². The van der Waals surface area contributed by atoms with Gasteiger partial charge in [-0.1, -0.05) is 39.8 Å². The highest BCUT2D eigenvalue weighted by Gasteiger charge is 2.27. The smallest absolute Gasteiger partial charge is 0.328 e. The number of rotatable bonds is 6. The molecule has 1 aromatic carbocycles. The van der Waals surface area contributed by atoms with Gasteiger partial charge in [0.25, 0.3) is 5.91 Å². The van der Waals surface area contributed by atoms with Crippen LogP contribution >= 0.6 is 0 Å². The number of benzene rings is 1. The van der Waals surface area contributed by atoms with Gasteiger partial charge in [0.1, 0.15) is 6.04 Å². The second-order valence-electron chi connectivity index (χ2n) is 7.04. The van der Waals surface area contributed by atoms with Gasteiger partial charge in [-0.05, 0) is 29.5 Å². The molecular formula is C19H27NO5. The molecule has 1 amide bonds. The molecule has 1 aromatic rings. The number of methoxy groups -OCH3 is 2. The maximum Gasteiger partial charge on any atom is 0.328 e. The third-order valence-corrected chi connectivity index (χ3v) is 4.00. The van der Waals surface area contributed by atoms with Crippen molar-refractivity contribution in [1.29, 1.82) is 0 Å². The molecule has 1 N–H and O–H groups in total. The third-order valence-electron chi connectivity index (χ3n) is 4.00. The van der Waals surface area contributed by atoms with Crippen LogP contribution in [0.5, 0.6) is 0 Å². The molecule has 0 saturated carbocycles. The molecule has 0 bridgehead atoms. The fourth-order valence-electron chi connectivity index (χ4n) is 2.37. The zero-order valence-electron chi connectivity index (χ0n) is 15.7. The highest BCUT2D eigenvalue weighted by atomic mass is 16.5. The molecule has 1 rings (SSSR count). The minimum Gasteiger partial charge on any atom is -0.469 e. The fraction of sp³-hybridized carbons (Fsp3) is 0.526. The Kier molecular flexibility index (Phi) is 7.15. The molecule has 0 saturated heterocycles. The second-order valence-corrected chi connectivity index (χ2v) is 7.04. The molecule has 25 heavy (non-hydrogen) atoms. The molecule has 0 heterocycles. The summed E-state index contributed by atoms with van der Waals surface area (Å²) in [5.74, 6) is -1.99. The Bertz CT molecular complexity index is 616. The highest BCUT2D eigenvalue weighted by molar-refractivity contribution is 5.96. The molecule has 0 aromatic heterocycles. The third kappa shape index (κ3) is 5.89. The number of amides is 1. The van der Waals surface area contributed by atoms with Gasteiger partial charge in [0.05, 0.1) is 20.1 Å². The van der Waals surface area contributed by atoms with E-state index >= 15 is 0 Å². The summed E-state index contributed by atoms with van der Waals surface area (Å²) in [7, 11) is 2.52. The van der Waals surface area contributed by atoms with Crippen LogP contribution in [0.15, 0.2) is 24.3 Å². The average Bonchev–Trinajstić information content (AvgIpc) is 2.58. The van der Waals surface area contributed by atoms with Crippen LogP contribution < -0.4 is 5.32 Å². The summed E-state index contributed by atoms with van der Waals surface area (Å²) >= 11 is 0. The SMILES string of the molecule is COC(=O)[C@H](C[C@H](C)C(=O)OC)NC(=O)c1ccc(C(C)(C)C)cc1. The van der Waals surface area contributed by atoms with Gasteiger partial charge in [0.15, 0.2) is 0 Å². The number of ether oxygens (including phenoxy) is 2. The minimum atomic E-state index is -0.922. The molecule has 138 valence electrons. The van der Waals surface area contributed by atoms with Crippen LogP contribution in [0, 0.1) is 5.92 Å². The molecule has 0 spiro atoms. The summed E-state index contributed by atoms with van der Waals surface area (Å²) in [6.45, 7) is 7.89. The molecule has 0 aliphatic carbocycles. The van der Waals surface area contributed by atoms with E-state index < -0.39 is 29.8 Å². The van der Waals surface area contributed by atoms with Gasteiger partial charge in [0.2, 0.25) is 0 Å². The van der Waals surface area contributed by atoms with Crippen LogP contribution in [0.4, 0.5) is 0 Å². The van der Waals surface area contributed by atoms with Crippen molar-refractivity contribution in [2.45, 2.75) is 45.6 Å². The van der Waals surface area contributed by atoms with Gasteiger partial charge >= 0.3 is 11.9 Å². The van der Waals surface area contributed by atoms with Crippen molar-refractivity contribution in [2.75, 3.05) is 14.2 Å². The van der Waals surface area contributed by atoms with Gasteiger partial charge in [-0.3, -0.25) is 9.59 Å². The fourth-order valence-corrected chi connectivity index (χ4v) is 2.37. The van der Waals surface area contributed by atoms with Gasteiger partial charge in [0, 0.05) is 5.56 Å². The Morgan fingerprint density at radius 2 is 1.52 bits per heavy atom. The molecule has 0 fully saturated rings. The highest BCUT2D eigenvalue weighted by Crippen LogP contribution is 2.22. The Labute approximate surface area is 148 Å². The van der Waals surface area contributed by atoms with Crippen molar-refractivity contribution >= 4 is 17.8 Å². The molecule has 0 aliphatic heterocycles. The van der Waals surface area contributed by atoms with Crippen LogP contribution in [0.25, 0.3) is 0 Å². The average molecular weight is 349 g/mol. The standard InChI is InChI=1S/C19H27NO5/c1-12(17(22)24-5)11-15(18(23)25-6)20-16(21)13-7-9-14(10-8-13)19(2,3)4/h7-10,12,15H,11H2,1-6H3,(H,20,21)/t12-,15-/m0/s1. The number of carbonyl (C=O) groups is 3. The maximum absolute atomic E-state index is 12.4. The monoisotopic (exact) mass is 349 g/mol. The van der Waals surface area contributed by atoms with Gasteiger partial charge in [-0.25, -0.2) is 4.79 Å². The quantitative estimate of drug-likeness (QED) is 0.798. The molecular weight excluding hydrogens is 322 g/mol. The Balaban J connectivity index is 2.87. The van der Waals surface area contributed by atoms with E-state index in [2.05, 4.69) is 30.8 Å². The summed E-state index contributed by atoms with van der Waals surface area (Å²) < 4.78 is 9.38. The number of nitrogens with one attached hydrogen (secondary N) is 1. The first-order chi connectivity index (χ1) is 11.6. The maximum atomic E-state index is 12.4. The van der Waals surface area contributed by atoms with Crippen LogP contribution in [-0.4, -0.2) is 38.1 Å². The number of carbonyl (C=O) groups excluding carboxylic acids is 3. The first-order valence-corrected chi connectivity index (χ1v) is 8.17. The molecule has 6 nitrogen and oxygen atoms in total. The normalized spacial score (nSPS) is 13.5. The lowest BCUT2D eigenvalue weighted by atomic mass is 9.86. The van der Waals surface area contributed by atoms with E-state index in [0.717, 1.165) is 5.56 Å². The topological polar surface area (TPSA) is 81.7 Å². The summed E-state index contributed by atoms with van der Waals surface area (Å²) in [6.07, 6.45) is 0.102. The molecule has 0 radical (unpaired) electrons. The van der Waals surface area contributed by atoms with Gasteiger partial charge < -0.3 is 14.8 Å². The van der Waals surface area contributed by atoms with Crippen molar-refractivity contribution in [1.82, 2.24) is 5.32 Å². The van der Waals surface area contributed by atoms with Crippen molar-refractivity contribution < 1.29 is 23.9 Å². The van der Waals surface area contributed by atoms with Crippen molar-refractivity contribution in [3.63, 3.8) is 0 Å². The van der Waals surface area contributed by atoms with E-state index in [4.69, 9.17) is 4.74 Å². The second kappa shape index (κ2) is 8.65. The lowest BCUT2D eigenvalue weighted by Gasteiger charge is -2.20. The van der Waals surface area contributed by atoms with Crippen molar-refractivity contribution in [3.05, 3.63) is 35.4 Å². The zero-order chi connectivity index (χ0) is 19.2. The first-order valence-electron chi connectivity index (χ1n) is 8.17. The number of hydrogen-bond donors (Lipinski definition) is 1. The molecule has 2 atom stereocenters.